The summed E-state index contributed by atoms with van der Waals surface area (Å²) in [4.78, 5) is 8.40. The lowest BCUT2D eigenvalue weighted by molar-refractivity contribution is -0.0464. The summed E-state index contributed by atoms with van der Waals surface area (Å²) < 4.78 is 28.0. The molecule has 0 spiro atoms. The first-order chi connectivity index (χ1) is 11.1. The fraction of sp³-hybridized carbons (Fsp3) is 0.529. The molecule has 124 valence electrons. The van der Waals surface area contributed by atoms with Gasteiger partial charge in [-0.2, -0.15) is 0 Å². The summed E-state index contributed by atoms with van der Waals surface area (Å²) in [5.74, 6) is -1.15. The van der Waals surface area contributed by atoms with Crippen LogP contribution in [0.4, 0.5) is 8.78 Å². The average Bonchev–Trinajstić information content (AvgIpc) is 3.08. The van der Waals surface area contributed by atoms with Gasteiger partial charge in [0.1, 0.15) is 12.1 Å². The van der Waals surface area contributed by atoms with Gasteiger partial charge in [-0.3, -0.25) is 4.57 Å². The van der Waals surface area contributed by atoms with Crippen molar-refractivity contribution in [1.29, 1.82) is 0 Å². The van der Waals surface area contributed by atoms with Gasteiger partial charge in [0.15, 0.2) is 0 Å². The number of nitrogens with one attached hydrogen (secondary N) is 1. The number of pyridine rings is 1. The van der Waals surface area contributed by atoms with Crippen LogP contribution in [0.1, 0.15) is 37.7 Å². The van der Waals surface area contributed by atoms with Crippen molar-refractivity contribution in [2.24, 2.45) is 5.92 Å². The molecule has 23 heavy (non-hydrogen) atoms. The molecule has 2 aromatic rings. The van der Waals surface area contributed by atoms with E-state index >= 15 is 0 Å². The third kappa shape index (κ3) is 4.58. The summed E-state index contributed by atoms with van der Waals surface area (Å²) in [6.45, 7) is 1.61. The Kier molecular flexibility index (Phi) is 5.00. The first kappa shape index (κ1) is 16.1. The van der Waals surface area contributed by atoms with Crippen molar-refractivity contribution < 1.29 is 8.78 Å². The summed E-state index contributed by atoms with van der Waals surface area (Å²) in [6, 6.07) is 4.00. The molecule has 2 heterocycles. The molecule has 6 heteroatoms. The molecule has 1 fully saturated rings. The number of hydrogen-bond acceptors (Lipinski definition) is 3. The van der Waals surface area contributed by atoms with E-state index in [1.54, 1.807) is 12.5 Å². The molecule has 1 N–H and O–H groups in total. The standard InChI is InChI=1S/C17H22F2N4/c18-17(19)6-3-14(4-7-17)5-8-20-11-15-1-2-16(22-12-15)23-10-9-21-13-23/h1-2,9-10,12-14,20H,3-8,11H2. The fourth-order valence-corrected chi connectivity index (χ4v) is 3.00. The molecule has 0 amide bonds. The van der Waals surface area contributed by atoms with E-state index in [0.29, 0.717) is 18.8 Å². The number of aromatic nitrogens is 3. The van der Waals surface area contributed by atoms with Crippen molar-refractivity contribution in [3.05, 3.63) is 42.6 Å². The molecule has 0 aliphatic heterocycles. The van der Waals surface area contributed by atoms with Gasteiger partial charge in [-0.05, 0) is 43.4 Å². The number of rotatable bonds is 6. The Morgan fingerprint density at radius 3 is 2.74 bits per heavy atom. The first-order valence-corrected chi connectivity index (χ1v) is 8.14. The van der Waals surface area contributed by atoms with Gasteiger partial charge >= 0.3 is 0 Å². The minimum Gasteiger partial charge on any atom is -0.313 e. The molecular formula is C17H22F2N4. The number of hydrogen-bond donors (Lipinski definition) is 1. The van der Waals surface area contributed by atoms with Crippen molar-refractivity contribution >= 4 is 0 Å². The molecule has 0 aromatic carbocycles. The molecule has 0 bridgehead atoms. The molecule has 1 saturated carbocycles. The van der Waals surface area contributed by atoms with Gasteiger partial charge in [0.05, 0.1) is 0 Å². The third-order valence-corrected chi connectivity index (χ3v) is 4.47. The van der Waals surface area contributed by atoms with Crippen molar-refractivity contribution in [3.8, 4) is 5.82 Å². The van der Waals surface area contributed by atoms with Gasteiger partial charge in [0.2, 0.25) is 5.92 Å². The highest BCUT2D eigenvalue weighted by Gasteiger charge is 2.34. The topological polar surface area (TPSA) is 42.7 Å². The van der Waals surface area contributed by atoms with Gasteiger partial charge in [-0.15, -0.1) is 0 Å². The molecule has 1 aliphatic rings. The Hall–Kier alpha value is -1.82. The van der Waals surface area contributed by atoms with Crippen LogP contribution in [0.5, 0.6) is 0 Å². The van der Waals surface area contributed by atoms with Crippen LogP contribution >= 0.6 is 0 Å². The predicted molar refractivity (Wildman–Crippen MR) is 84.6 cm³/mol. The third-order valence-electron chi connectivity index (χ3n) is 4.47. The normalized spacial score (nSPS) is 18.2. The molecule has 1 aliphatic carbocycles. The molecule has 0 unspecified atom stereocenters. The van der Waals surface area contributed by atoms with Gasteiger partial charge < -0.3 is 5.32 Å². The molecule has 0 saturated heterocycles. The minimum atomic E-state index is -2.42. The maximum Gasteiger partial charge on any atom is 0.248 e. The number of halogens is 2. The monoisotopic (exact) mass is 320 g/mol. The van der Waals surface area contributed by atoms with Crippen LogP contribution in [0.25, 0.3) is 5.82 Å². The van der Waals surface area contributed by atoms with Crippen molar-refractivity contribution in [3.63, 3.8) is 0 Å². The second-order valence-electron chi connectivity index (χ2n) is 6.26. The summed E-state index contributed by atoms with van der Waals surface area (Å²) in [5, 5.41) is 3.38. The van der Waals surface area contributed by atoms with Gasteiger partial charge in [-0.1, -0.05) is 6.07 Å². The van der Waals surface area contributed by atoms with E-state index in [9.17, 15) is 8.78 Å². The van der Waals surface area contributed by atoms with Crippen LogP contribution in [0.3, 0.4) is 0 Å². The molecular weight excluding hydrogens is 298 g/mol. The van der Waals surface area contributed by atoms with E-state index < -0.39 is 5.92 Å². The zero-order chi connectivity index (χ0) is 16.1. The maximum absolute atomic E-state index is 13.1. The van der Waals surface area contributed by atoms with Crippen LogP contribution < -0.4 is 5.32 Å². The fourth-order valence-electron chi connectivity index (χ4n) is 3.00. The van der Waals surface area contributed by atoms with Gasteiger partial charge in [-0.25, -0.2) is 18.7 Å². The number of alkyl halides is 2. The Morgan fingerprint density at radius 1 is 1.26 bits per heavy atom. The Bertz CT molecular complexity index is 586. The smallest absolute Gasteiger partial charge is 0.248 e. The quantitative estimate of drug-likeness (QED) is 0.827. The lowest BCUT2D eigenvalue weighted by Crippen LogP contribution is -2.26. The number of imidazole rings is 1. The van der Waals surface area contributed by atoms with E-state index in [1.807, 2.05) is 29.1 Å². The lowest BCUT2D eigenvalue weighted by Gasteiger charge is -2.28. The van der Waals surface area contributed by atoms with Crippen molar-refractivity contribution in [2.75, 3.05) is 6.54 Å². The number of nitrogens with zero attached hydrogens (tertiary/aromatic N) is 3. The highest BCUT2D eigenvalue weighted by Crippen LogP contribution is 2.37. The maximum atomic E-state index is 13.1. The lowest BCUT2D eigenvalue weighted by atomic mass is 9.85. The second-order valence-corrected chi connectivity index (χ2v) is 6.26. The van der Waals surface area contributed by atoms with Crippen LogP contribution in [0, 0.1) is 5.92 Å². The van der Waals surface area contributed by atoms with Gasteiger partial charge in [0.25, 0.3) is 0 Å². The Morgan fingerprint density at radius 2 is 2.09 bits per heavy atom. The van der Waals surface area contributed by atoms with E-state index in [4.69, 9.17) is 0 Å². The minimum absolute atomic E-state index is 0.0529. The summed E-state index contributed by atoms with van der Waals surface area (Å²) in [6.07, 6.45) is 9.51. The summed E-state index contributed by atoms with van der Waals surface area (Å²) in [5.41, 5.74) is 1.11. The van der Waals surface area contributed by atoms with Crippen molar-refractivity contribution in [1.82, 2.24) is 19.9 Å². The molecule has 3 rings (SSSR count). The van der Waals surface area contributed by atoms with Crippen LogP contribution in [0.15, 0.2) is 37.1 Å². The zero-order valence-electron chi connectivity index (χ0n) is 13.1. The largest absolute Gasteiger partial charge is 0.313 e. The Labute approximate surface area is 135 Å². The van der Waals surface area contributed by atoms with E-state index in [-0.39, 0.29) is 12.8 Å². The second kappa shape index (κ2) is 7.17. The van der Waals surface area contributed by atoms with E-state index in [1.165, 1.54) is 0 Å². The van der Waals surface area contributed by atoms with E-state index in [0.717, 1.165) is 30.9 Å². The van der Waals surface area contributed by atoms with E-state index in [2.05, 4.69) is 15.3 Å². The molecule has 0 radical (unpaired) electrons. The van der Waals surface area contributed by atoms with Crippen molar-refractivity contribution in [2.45, 2.75) is 44.6 Å². The highest BCUT2D eigenvalue weighted by atomic mass is 19.3. The molecule has 0 atom stereocenters. The molecule has 2 aromatic heterocycles. The highest BCUT2D eigenvalue weighted by molar-refractivity contribution is 5.25. The Balaban J connectivity index is 1.38. The SMILES string of the molecule is FC1(F)CCC(CCNCc2ccc(-n3ccnc3)nc2)CC1. The molecule has 4 nitrogen and oxygen atoms in total. The van der Waals surface area contributed by atoms with Crippen LogP contribution in [-0.4, -0.2) is 27.0 Å². The first-order valence-electron chi connectivity index (χ1n) is 8.14. The van der Waals surface area contributed by atoms with Crippen LogP contribution in [0.2, 0.25) is 0 Å². The average molecular weight is 320 g/mol. The summed E-state index contributed by atoms with van der Waals surface area (Å²) in [7, 11) is 0. The zero-order valence-corrected chi connectivity index (χ0v) is 13.1. The van der Waals surface area contributed by atoms with Crippen LogP contribution in [-0.2, 0) is 6.54 Å². The van der Waals surface area contributed by atoms with Gasteiger partial charge in [0, 0.05) is 38.0 Å². The summed E-state index contributed by atoms with van der Waals surface area (Å²) >= 11 is 0. The predicted octanol–water partition coefficient (Wildman–Crippen LogP) is 3.57.